The Bertz CT molecular complexity index is 363. The Kier molecular flexibility index (Phi) is 3.05. The Labute approximate surface area is 78.6 Å². The van der Waals surface area contributed by atoms with Gasteiger partial charge in [0.05, 0.1) is 11.6 Å². The van der Waals surface area contributed by atoms with Gasteiger partial charge in [-0.15, -0.1) is 0 Å². The molecule has 0 unspecified atom stereocenters. The highest BCUT2D eigenvalue weighted by molar-refractivity contribution is 5.72. The van der Waals surface area contributed by atoms with Gasteiger partial charge in [0.2, 0.25) is 0 Å². The molecule has 0 aliphatic carbocycles. The number of benzene rings is 1. The lowest BCUT2D eigenvalue weighted by molar-refractivity contribution is 1.48. The van der Waals surface area contributed by atoms with Crippen LogP contribution in [-0.2, 0) is 0 Å². The molecule has 0 aromatic heterocycles. The van der Waals surface area contributed by atoms with Crippen molar-refractivity contribution in [2.45, 2.75) is 6.92 Å². The van der Waals surface area contributed by atoms with Crippen molar-refractivity contribution in [3.63, 3.8) is 0 Å². The summed E-state index contributed by atoms with van der Waals surface area (Å²) in [6.45, 7) is 5.85. The smallest absolute Gasteiger partial charge is 0.0991 e. The fraction of sp³-hybridized carbons (Fsp3) is 0.0833. The van der Waals surface area contributed by atoms with E-state index in [1.54, 1.807) is 12.1 Å². The Balaban J connectivity index is 2.94. The highest BCUT2D eigenvalue weighted by atomic mass is 14.2. The van der Waals surface area contributed by atoms with Crippen LogP contribution in [0, 0.1) is 11.3 Å². The van der Waals surface area contributed by atoms with Gasteiger partial charge in [0.1, 0.15) is 0 Å². The van der Waals surface area contributed by atoms with Crippen molar-refractivity contribution >= 4 is 5.57 Å². The van der Waals surface area contributed by atoms with Crippen LogP contribution in [0.3, 0.4) is 0 Å². The first kappa shape index (κ1) is 9.28. The summed E-state index contributed by atoms with van der Waals surface area (Å²) < 4.78 is 0. The highest BCUT2D eigenvalue weighted by Gasteiger charge is 1.94. The molecule has 1 rings (SSSR count). The number of nitrogens with zero attached hydrogens (tertiary/aromatic N) is 1. The summed E-state index contributed by atoms with van der Waals surface area (Å²) in [4.78, 5) is 0. The molecular formula is C12H11N. The Morgan fingerprint density at radius 3 is 2.46 bits per heavy atom. The topological polar surface area (TPSA) is 23.8 Å². The van der Waals surface area contributed by atoms with E-state index in [1.807, 2.05) is 31.2 Å². The van der Waals surface area contributed by atoms with Crippen molar-refractivity contribution in [1.29, 1.82) is 5.26 Å². The summed E-state index contributed by atoms with van der Waals surface area (Å²) in [5.41, 5.74) is 2.70. The number of hydrogen-bond donors (Lipinski definition) is 0. The number of allylic oxidation sites excluding steroid dienone is 3. The van der Waals surface area contributed by atoms with E-state index in [0.717, 1.165) is 11.1 Å². The first-order chi connectivity index (χ1) is 6.27. The standard InChI is InChI=1S/C12H11N/c1-3-4-10(2)12-7-5-11(9-13)6-8-12/h3-8H,2H2,1H3. The molecule has 0 atom stereocenters. The van der Waals surface area contributed by atoms with Crippen LogP contribution in [-0.4, -0.2) is 0 Å². The van der Waals surface area contributed by atoms with Crippen LogP contribution in [0.5, 0.6) is 0 Å². The zero-order valence-corrected chi connectivity index (χ0v) is 7.62. The molecule has 0 saturated carbocycles. The van der Waals surface area contributed by atoms with Gasteiger partial charge in [-0.2, -0.15) is 5.26 Å². The number of rotatable bonds is 2. The van der Waals surface area contributed by atoms with E-state index in [4.69, 9.17) is 5.26 Å². The average Bonchev–Trinajstić information content (AvgIpc) is 2.18. The zero-order valence-electron chi connectivity index (χ0n) is 7.62. The molecule has 1 nitrogen and oxygen atoms in total. The fourth-order valence-corrected chi connectivity index (χ4v) is 1.06. The minimum Gasteiger partial charge on any atom is -0.192 e. The molecule has 0 fully saturated rings. The van der Waals surface area contributed by atoms with Crippen LogP contribution < -0.4 is 0 Å². The molecule has 0 bridgehead atoms. The molecule has 1 aromatic carbocycles. The summed E-state index contributed by atoms with van der Waals surface area (Å²) >= 11 is 0. The predicted molar refractivity (Wildman–Crippen MR) is 55.0 cm³/mol. The average molecular weight is 169 g/mol. The number of hydrogen-bond acceptors (Lipinski definition) is 1. The van der Waals surface area contributed by atoms with Crippen LogP contribution >= 0.6 is 0 Å². The van der Waals surface area contributed by atoms with Gasteiger partial charge in [0.25, 0.3) is 0 Å². The molecule has 13 heavy (non-hydrogen) atoms. The first-order valence-electron chi connectivity index (χ1n) is 4.10. The SMILES string of the molecule is C=C(C=CC)c1ccc(C#N)cc1. The van der Waals surface area contributed by atoms with Gasteiger partial charge in [0, 0.05) is 0 Å². The summed E-state index contributed by atoms with van der Waals surface area (Å²) in [5, 5.41) is 8.58. The summed E-state index contributed by atoms with van der Waals surface area (Å²) in [7, 11) is 0. The fourth-order valence-electron chi connectivity index (χ4n) is 1.06. The molecule has 0 amide bonds. The van der Waals surface area contributed by atoms with Crippen LogP contribution in [0.25, 0.3) is 5.57 Å². The molecule has 0 heterocycles. The maximum absolute atomic E-state index is 8.58. The molecule has 1 heteroatoms. The lowest BCUT2D eigenvalue weighted by Gasteiger charge is -1.99. The predicted octanol–water partition coefficient (Wildman–Crippen LogP) is 3.15. The third-order valence-corrected chi connectivity index (χ3v) is 1.75. The van der Waals surface area contributed by atoms with Gasteiger partial charge in [-0.05, 0) is 30.2 Å². The monoisotopic (exact) mass is 169 g/mol. The third-order valence-electron chi connectivity index (χ3n) is 1.75. The van der Waals surface area contributed by atoms with E-state index in [0.29, 0.717) is 5.56 Å². The van der Waals surface area contributed by atoms with Crippen LogP contribution in [0.2, 0.25) is 0 Å². The van der Waals surface area contributed by atoms with Crippen molar-refractivity contribution in [3.05, 3.63) is 54.1 Å². The van der Waals surface area contributed by atoms with Crippen molar-refractivity contribution in [2.24, 2.45) is 0 Å². The second kappa shape index (κ2) is 4.27. The lowest BCUT2D eigenvalue weighted by Crippen LogP contribution is -1.79. The van der Waals surface area contributed by atoms with Crippen LogP contribution in [0.4, 0.5) is 0 Å². The van der Waals surface area contributed by atoms with Gasteiger partial charge >= 0.3 is 0 Å². The molecule has 0 saturated heterocycles. The number of nitriles is 1. The van der Waals surface area contributed by atoms with Crippen molar-refractivity contribution < 1.29 is 0 Å². The molecule has 0 spiro atoms. The quantitative estimate of drug-likeness (QED) is 0.624. The molecule has 0 N–H and O–H groups in total. The summed E-state index contributed by atoms with van der Waals surface area (Å²) in [6, 6.07) is 9.48. The van der Waals surface area contributed by atoms with Crippen LogP contribution in [0.1, 0.15) is 18.1 Å². The maximum Gasteiger partial charge on any atom is 0.0991 e. The lowest BCUT2D eigenvalue weighted by atomic mass is 10.1. The molecule has 0 aliphatic rings. The minimum atomic E-state index is 0.678. The van der Waals surface area contributed by atoms with Crippen LogP contribution in [0.15, 0.2) is 43.0 Å². The molecule has 0 radical (unpaired) electrons. The van der Waals surface area contributed by atoms with Gasteiger partial charge in [-0.1, -0.05) is 30.9 Å². The minimum absolute atomic E-state index is 0.678. The van der Waals surface area contributed by atoms with Crippen molar-refractivity contribution in [3.8, 4) is 6.07 Å². The zero-order chi connectivity index (χ0) is 9.68. The summed E-state index contributed by atoms with van der Waals surface area (Å²) in [6.07, 6.45) is 3.89. The van der Waals surface area contributed by atoms with Gasteiger partial charge in [-0.3, -0.25) is 0 Å². The molecule has 64 valence electrons. The van der Waals surface area contributed by atoms with Gasteiger partial charge in [0.15, 0.2) is 0 Å². The molecular weight excluding hydrogens is 158 g/mol. The molecule has 0 aliphatic heterocycles. The van der Waals surface area contributed by atoms with E-state index in [1.165, 1.54) is 0 Å². The summed E-state index contributed by atoms with van der Waals surface area (Å²) in [5.74, 6) is 0. The van der Waals surface area contributed by atoms with Gasteiger partial charge < -0.3 is 0 Å². The molecule has 1 aromatic rings. The highest BCUT2D eigenvalue weighted by Crippen LogP contribution is 2.13. The van der Waals surface area contributed by atoms with E-state index in [2.05, 4.69) is 12.6 Å². The van der Waals surface area contributed by atoms with Crippen molar-refractivity contribution in [1.82, 2.24) is 0 Å². The maximum atomic E-state index is 8.58. The normalized spacial score (nSPS) is 9.85. The van der Waals surface area contributed by atoms with E-state index < -0.39 is 0 Å². The Hall–Kier alpha value is -1.81. The van der Waals surface area contributed by atoms with Crippen molar-refractivity contribution in [2.75, 3.05) is 0 Å². The first-order valence-corrected chi connectivity index (χ1v) is 4.10. The largest absolute Gasteiger partial charge is 0.192 e. The van der Waals surface area contributed by atoms with E-state index >= 15 is 0 Å². The Morgan fingerprint density at radius 1 is 1.38 bits per heavy atom. The third kappa shape index (κ3) is 2.31. The van der Waals surface area contributed by atoms with E-state index in [9.17, 15) is 0 Å². The second-order valence-corrected chi connectivity index (χ2v) is 2.71. The second-order valence-electron chi connectivity index (χ2n) is 2.71. The van der Waals surface area contributed by atoms with Gasteiger partial charge in [-0.25, -0.2) is 0 Å². The Morgan fingerprint density at radius 2 is 2.00 bits per heavy atom. The van der Waals surface area contributed by atoms with E-state index in [-0.39, 0.29) is 0 Å².